The molecule has 0 saturated carbocycles. The lowest BCUT2D eigenvalue weighted by Crippen LogP contribution is -2.12. The zero-order valence-corrected chi connectivity index (χ0v) is 9.94. The van der Waals surface area contributed by atoms with Crippen LogP contribution in [0.5, 0.6) is 0 Å². The zero-order chi connectivity index (χ0) is 10.9. The van der Waals surface area contributed by atoms with E-state index in [1.807, 2.05) is 26.0 Å². The number of hydrogen-bond donors (Lipinski definition) is 0. The monoisotopic (exact) mass is 254 g/mol. The molecule has 0 spiro atoms. The molecule has 0 N–H and O–H groups in total. The standard InChI is InChI=1S/C11H11BrO2/c1-6-4-7(2)10(9(12)5-6)11(14)8(3)13/h4-5H,1-3H3. The van der Waals surface area contributed by atoms with Crippen LogP contribution in [0.3, 0.4) is 0 Å². The number of Topliss-reactive ketones (excluding diaryl/α,β-unsaturated/α-hetero) is 2. The van der Waals surface area contributed by atoms with Gasteiger partial charge >= 0.3 is 0 Å². The van der Waals surface area contributed by atoms with Crippen molar-refractivity contribution in [1.82, 2.24) is 0 Å². The van der Waals surface area contributed by atoms with Crippen LogP contribution in [0.25, 0.3) is 0 Å². The molecule has 74 valence electrons. The van der Waals surface area contributed by atoms with E-state index in [0.717, 1.165) is 11.1 Å². The van der Waals surface area contributed by atoms with Crippen molar-refractivity contribution in [3.63, 3.8) is 0 Å². The van der Waals surface area contributed by atoms with Gasteiger partial charge in [0.1, 0.15) is 0 Å². The second kappa shape index (κ2) is 4.05. The summed E-state index contributed by atoms with van der Waals surface area (Å²) in [7, 11) is 0. The molecule has 0 saturated heterocycles. The second-order valence-corrected chi connectivity index (χ2v) is 4.18. The summed E-state index contributed by atoms with van der Waals surface area (Å²) < 4.78 is 0.690. The van der Waals surface area contributed by atoms with Crippen LogP contribution in [-0.2, 0) is 4.79 Å². The van der Waals surface area contributed by atoms with Gasteiger partial charge in [0.05, 0.1) is 0 Å². The van der Waals surface area contributed by atoms with Crippen LogP contribution < -0.4 is 0 Å². The van der Waals surface area contributed by atoms with E-state index in [1.165, 1.54) is 6.92 Å². The van der Waals surface area contributed by atoms with Crippen LogP contribution in [-0.4, -0.2) is 11.6 Å². The van der Waals surface area contributed by atoms with Crippen LogP contribution in [0, 0.1) is 13.8 Å². The number of rotatable bonds is 2. The fourth-order valence-electron chi connectivity index (χ4n) is 1.38. The van der Waals surface area contributed by atoms with Gasteiger partial charge < -0.3 is 0 Å². The van der Waals surface area contributed by atoms with Crippen molar-refractivity contribution >= 4 is 27.5 Å². The zero-order valence-electron chi connectivity index (χ0n) is 8.35. The fourth-order valence-corrected chi connectivity index (χ4v) is 2.23. The molecule has 3 heteroatoms. The quantitative estimate of drug-likeness (QED) is 0.601. The molecule has 0 radical (unpaired) electrons. The van der Waals surface area contributed by atoms with E-state index < -0.39 is 11.6 Å². The first-order chi connectivity index (χ1) is 6.43. The van der Waals surface area contributed by atoms with E-state index in [1.54, 1.807) is 0 Å². The molecule has 0 atom stereocenters. The lowest BCUT2D eigenvalue weighted by Gasteiger charge is -2.06. The number of benzene rings is 1. The first-order valence-electron chi connectivity index (χ1n) is 4.25. The molecule has 0 amide bonds. The summed E-state index contributed by atoms with van der Waals surface area (Å²) in [6.45, 7) is 5.06. The molecule has 2 nitrogen and oxygen atoms in total. The highest BCUT2D eigenvalue weighted by molar-refractivity contribution is 9.10. The molecule has 0 heterocycles. The highest BCUT2D eigenvalue weighted by atomic mass is 79.9. The van der Waals surface area contributed by atoms with Crippen LogP contribution in [0.15, 0.2) is 16.6 Å². The third-order valence-corrected chi connectivity index (χ3v) is 2.60. The first-order valence-corrected chi connectivity index (χ1v) is 5.04. The lowest BCUT2D eigenvalue weighted by molar-refractivity contribution is -0.113. The number of hydrogen-bond acceptors (Lipinski definition) is 2. The molecule has 0 aromatic heterocycles. The van der Waals surface area contributed by atoms with E-state index in [2.05, 4.69) is 15.9 Å². The Labute approximate surface area is 91.4 Å². The van der Waals surface area contributed by atoms with Gasteiger partial charge in [0.25, 0.3) is 0 Å². The molecule has 1 rings (SSSR count). The highest BCUT2D eigenvalue weighted by Gasteiger charge is 2.17. The summed E-state index contributed by atoms with van der Waals surface area (Å²) in [6.07, 6.45) is 0. The molecule has 0 fully saturated rings. The molecule has 0 bridgehead atoms. The molecular weight excluding hydrogens is 244 g/mol. The van der Waals surface area contributed by atoms with E-state index in [9.17, 15) is 9.59 Å². The molecular formula is C11H11BrO2. The molecule has 0 aliphatic rings. The van der Waals surface area contributed by atoms with Crippen molar-refractivity contribution < 1.29 is 9.59 Å². The summed E-state index contributed by atoms with van der Waals surface area (Å²) in [4.78, 5) is 22.5. The average Bonchev–Trinajstić information content (AvgIpc) is 2.01. The van der Waals surface area contributed by atoms with E-state index in [0.29, 0.717) is 10.0 Å². The second-order valence-electron chi connectivity index (χ2n) is 3.32. The van der Waals surface area contributed by atoms with Crippen LogP contribution in [0.1, 0.15) is 28.4 Å². The van der Waals surface area contributed by atoms with Crippen molar-refractivity contribution in [3.05, 3.63) is 33.3 Å². The summed E-state index contributed by atoms with van der Waals surface area (Å²) in [5.74, 6) is -0.868. The molecule has 1 aromatic carbocycles. The third kappa shape index (κ3) is 2.10. The van der Waals surface area contributed by atoms with Gasteiger partial charge in [0.15, 0.2) is 5.78 Å². The molecule has 0 aliphatic heterocycles. The normalized spacial score (nSPS) is 10.0. The van der Waals surface area contributed by atoms with Gasteiger partial charge in [-0.15, -0.1) is 0 Å². The summed E-state index contributed by atoms with van der Waals surface area (Å²) in [5, 5.41) is 0. The average molecular weight is 255 g/mol. The number of aryl methyl sites for hydroxylation is 2. The Hall–Kier alpha value is -0.960. The van der Waals surface area contributed by atoms with Crippen molar-refractivity contribution in [3.8, 4) is 0 Å². The van der Waals surface area contributed by atoms with Gasteiger partial charge in [-0.2, -0.15) is 0 Å². The molecule has 0 aliphatic carbocycles. The number of carbonyl (C=O) groups excluding carboxylic acids is 2. The first kappa shape index (κ1) is 11.1. The SMILES string of the molecule is CC(=O)C(=O)c1c(C)cc(C)cc1Br. The van der Waals surface area contributed by atoms with E-state index >= 15 is 0 Å². The van der Waals surface area contributed by atoms with Crippen LogP contribution >= 0.6 is 15.9 Å². The molecule has 1 aromatic rings. The molecule has 0 unspecified atom stereocenters. The Balaban J connectivity index is 3.35. The fraction of sp³-hybridized carbons (Fsp3) is 0.273. The van der Waals surface area contributed by atoms with Crippen LogP contribution in [0.4, 0.5) is 0 Å². The minimum absolute atomic E-state index is 0.433. The summed E-state index contributed by atoms with van der Waals surface area (Å²) in [6, 6.07) is 3.73. The maximum absolute atomic E-state index is 11.5. The van der Waals surface area contributed by atoms with Crippen molar-refractivity contribution in [2.45, 2.75) is 20.8 Å². The Bertz CT molecular complexity index is 385. The maximum Gasteiger partial charge on any atom is 0.229 e. The van der Waals surface area contributed by atoms with Gasteiger partial charge in [-0.1, -0.05) is 22.0 Å². The van der Waals surface area contributed by atoms with Gasteiger partial charge in [-0.05, 0) is 31.0 Å². The number of carbonyl (C=O) groups is 2. The van der Waals surface area contributed by atoms with E-state index in [-0.39, 0.29) is 0 Å². The highest BCUT2D eigenvalue weighted by Crippen LogP contribution is 2.23. The van der Waals surface area contributed by atoms with Gasteiger partial charge in [-0.25, -0.2) is 0 Å². The van der Waals surface area contributed by atoms with E-state index in [4.69, 9.17) is 0 Å². The largest absolute Gasteiger partial charge is 0.291 e. The summed E-state index contributed by atoms with van der Waals surface area (Å²) >= 11 is 3.29. The van der Waals surface area contributed by atoms with Crippen molar-refractivity contribution in [2.24, 2.45) is 0 Å². The van der Waals surface area contributed by atoms with Crippen molar-refractivity contribution in [2.75, 3.05) is 0 Å². The number of ketones is 2. The maximum atomic E-state index is 11.5. The van der Waals surface area contributed by atoms with Gasteiger partial charge in [0, 0.05) is 17.0 Å². The Morgan fingerprint density at radius 3 is 2.21 bits per heavy atom. The Morgan fingerprint density at radius 1 is 1.21 bits per heavy atom. The Morgan fingerprint density at radius 2 is 1.79 bits per heavy atom. The predicted octanol–water partition coefficient (Wildman–Crippen LogP) is 2.84. The Kier molecular flexibility index (Phi) is 3.21. The minimum Gasteiger partial charge on any atom is -0.291 e. The van der Waals surface area contributed by atoms with Gasteiger partial charge in [0.2, 0.25) is 5.78 Å². The van der Waals surface area contributed by atoms with Crippen LogP contribution in [0.2, 0.25) is 0 Å². The van der Waals surface area contributed by atoms with Gasteiger partial charge in [-0.3, -0.25) is 9.59 Å². The smallest absolute Gasteiger partial charge is 0.229 e. The minimum atomic E-state index is -0.436. The third-order valence-electron chi connectivity index (χ3n) is 1.98. The lowest BCUT2D eigenvalue weighted by atomic mass is 10.0. The predicted molar refractivity (Wildman–Crippen MR) is 58.6 cm³/mol. The number of halogens is 1. The molecule has 14 heavy (non-hydrogen) atoms. The topological polar surface area (TPSA) is 34.1 Å². The summed E-state index contributed by atoms with van der Waals surface area (Å²) in [5.41, 5.74) is 2.37. The van der Waals surface area contributed by atoms with Crippen molar-refractivity contribution in [1.29, 1.82) is 0 Å².